The molecule has 0 aromatic heterocycles. The topological polar surface area (TPSA) is 38.3 Å². The van der Waals surface area contributed by atoms with E-state index >= 15 is 0 Å². The average molecular weight is 269 g/mol. The second-order valence-electron chi connectivity index (χ2n) is 4.79. The van der Waals surface area contributed by atoms with Crippen LogP contribution in [0.1, 0.15) is 30.1 Å². The molecule has 98 valence electrons. The lowest BCUT2D eigenvalue weighted by molar-refractivity contribution is 0.0423. The van der Waals surface area contributed by atoms with Crippen LogP contribution in [0.3, 0.4) is 0 Å². The molecule has 0 atom stereocenters. The first kappa shape index (κ1) is 13.4. The fraction of sp³-hybridized carbons (Fsp3) is 0.462. The number of thiol groups is 1. The van der Waals surface area contributed by atoms with E-state index in [2.05, 4.69) is 17.9 Å². The minimum Gasteiger partial charge on any atom is -0.381 e. The second-order valence-corrected chi connectivity index (χ2v) is 5.28. The lowest BCUT2D eigenvalue weighted by atomic mass is 9.92. The molecule has 0 aliphatic carbocycles. The van der Waals surface area contributed by atoms with E-state index in [4.69, 9.17) is 4.74 Å². The van der Waals surface area contributed by atoms with Gasteiger partial charge in [-0.1, -0.05) is 0 Å². The van der Waals surface area contributed by atoms with Crippen LogP contribution in [-0.4, -0.2) is 24.7 Å². The zero-order valence-electron chi connectivity index (χ0n) is 10.2. The number of hydrogen-bond donors (Lipinski definition) is 2. The summed E-state index contributed by atoms with van der Waals surface area (Å²) in [6, 6.07) is 4.16. The van der Waals surface area contributed by atoms with E-state index in [1.165, 1.54) is 18.2 Å². The van der Waals surface area contributed by atoms with Crippen LogP contribution in [-0.2, 0) is 4.74 Å². The minimum atomic E-state index is -0.424. The fourth-order valence-electron chi connectivity index (χ4n) is 1.95. The van der Waals surface area contributed by atoms with E-state index < -0.39 is 5.82 Å². The first-order chi connectivity index (χ1) is 8.50. The SMILES string of the molecule is CC1(NC(=O)c2ccc(F)c(S)c2)CCOCC1. The van der Waals surface area contributed by atoms with Crippen molar-refractivity contribution >= 4 is 18.5 Å². The van der Waals surface area contributed by atoms with Crippen molar-refractivity contribution in [2.75, 3.05) is 13.2 Å². The van der Waals surface area contributed by atoms with Gasteiger partial charge in [-0.15, -0.1) is 12.6 Å². The molecule has 1 amide bonds. The molecular formula is C13H16FNO2S. The van der Waals surface area contributed by atoms with Gasteiger partial charge in [0.1, 0.15) is 5.82 Å². The Kier molecular flexibility index (Phi) is 3.92. The van der Waals surface area contributed by atoms with Gasteiger partial charge >= 0.3 is 0 Å². The number of rotatable bonds is 2. The van der Waals surface area contributed by atoms with Crippen molar-refractivity contribution in [1.82, 2.24) is 5.32 Å². The van der Waals surface area contributed by atoms with Crippen molar-refractivity contribution in [2.45, 2.75) is 30.2 Å². The van der Waals surface area contributed by atoms with Gasteiger partial charge in [-0.2, -0.15) is 0 Å². The largest absolute Gasteiger partial charge is 0.381 e. The first-order valence-electron chi connectivity index (χ1n) is 5.89. The average Bonchev–Trinajstić information content (AvgIpc) is 2.33. The smallest absolute Gasteiger partial charge is 0.251 e. The van der Waals surface area contributed by atoms with Gasteiger partial charge in [0.25, 0.3) is 5.91 Å². The van der Waals surface area contributed by atoms with Crippen molar-refractivity contribution in [3.63, 3.8) is 0 Å². The molecule has 3 nitrogen and oxygen atoms in total. The van der Waals surface area contributed by atoms with Crippen molar-refractivity contribution in [3.8, 4) is 0 Å². The second kappa shape index (κ2) is 5.28. The van der Waals surface area contributed by atoms with Crippen LogP contribution in [0.15, 0.2) is 23.1 Å². The molecule has 1 aliphatic heterocycles. The van der Waals surface area contributed by atoms with Crippen LogP contribution in [0, 0.1) is 5.82 Å². The number of hydrogen-bond acceptors (Lipinski definition) is 3. The standard InChI is InChI=1S/C13H16FNO2S/c1-13(4-6-17-7-5-13)15-12(16)9-2-3-10(14)11(18)8-9/h2-3,8,18H,4-7H2,1H3,(H,15,16). The Morgan fingerprint density at radius 3 is 2.72 bits per heavy atom. The van der Waals surface area contributed by atoms with Crippen LogP contribution in [0.5, 0.6) is 0 Å². The van der Waals surface area contributed by atoms with Crippen LogP contribution in [0.4, 0.5) is 4.39 Å². The molecule has 0 saturated carbocycles. The molecule has 1 N–H and O–H groups in total. The predicted octanol–water partition coefficient (Wildman–Crippen LogP) is 2.41. The molecule has 0 bridgehead atoms. The number of carbonyl (C=O) groups is 1. The summed E-state index contributed by atoms with van der Waals surface area (Å²) in [4.78, 5) is 12.3. The van der Waals surface area contributed by atoms with Crippen LogP contribution < -0.4 is 5.32 Å². The Morgan fingerprint density at radius 2 is 2.11 bits per heavy atom. The van der Waals surface area contributed by atoms with Crippen LogP contribution in [0.25, 0.3) is 0 Å². The van der Waals surface area contributed by atoms with Crippen molar-refractivity contribution in [2.24, 2.45) is 0 Å². The van der Waals surface area contributed by atoms with Crippen LogP contribution in [0.2, 0.25) is 0 Å². The summed E-state index contributed by atoms with van der Waals surface area (Å²) in [5.41, 5.74) is 0.176. The highest BCUT2D eigenvalue weighted by Gasteiger charge is 2.29. The third kappa shape index (κ3) is 3.03. The molecule has 5 heteroatoms. The van der Waals surface area contributed by atoms with E-state index in [1.807, 2.05) is 6.92 Å². The Balaban J connectivity index is 2.09. The molecular weight excluding hydrogens is 253 g/mol. The van der Waals surface area contributed by atoms with Gasteiger partial charge in [0.05, 0.1) is 0 Å². The summed E-state index contributed by atoms with van der Waals surface area (Å²) in [5, 5.41) is 2.98. The maximum Gasteiger partial charge on any atom is 0.251 e. The van der Waals surface area contributed by atoms with E-state index in [1.54, 1.807) is 0 Å². The third-order valence-electron chi connectivity index (χ3n) is 3.22. The van der Waals surface area contributed by atoms with Gasteiger partial charge < -0.3 is 10.1 Å². The zero-order chi connectivity index (χ0) is 13.2. The molecule has 1 fully saturated rings. The highest BCUT2D eigenvalue weighted by Crippen LogP contribution is 2.21. The monoisotopic (exact) mass is 269 g/mol. The molecule has 1 saturated heterocycles. The molecule has 18 heavy (non-hydrogen) atoms. The quantitative estimate of drug-likeness (QED) is 0.809. The number of amides is 1. The number of carbonyl (C=O) groups excluding carboxylic acids is 1. The van der Waals surface area contributed by atoms with Gasteiger partial charge in [-0.3, -0.25) is 4.79 Å². The van der Waals surface area contributed by atoms with Gasteiger partial charge in [0.2, 0.25) is 0 Å². The Hall–Kier alpha value is -1.07. The highest BCUT2D eigenvalue weighted by molar-refractivity contribution is 7.80. The highest BCUT2D eigenvalue weighted by atomic mass is 32.1. The van der Waals surface area contributed by atoms with Crippen molar-refractivity contribution in [3.05, 3.63) is 29.6 Å². The molecule has 2 rings (SSSR count). The maximum absolute atomic E-state index is 13.1. The number of nitrogens with one attached hydrogen (secondary N) is 1. The number of benzene rings is 1. The lowest BCUT2D eigenvalue weighted by Gasteiger charge is -2.34. The van der Waals surface area contributed by atoms with E-state index in [-0.39, 0.29) is 16.3 Å². The number of halogens is 1. The number of ether oxygens (including phenoxy) is 1. The van der Waals surface area contributed by atoms with Gasteiger partial charge in [-0.25, -0.2) is 4.39 Å². The van der Waals surface area contributed by atoms with Gasteiger partial charge in [0.15, 0.2) is 0 Å². The third-order valence-corrected chi connectivity index (χ3v) is 3.56. The summed E-state index contributed by atoms with van der Waals surface area (Å²) in [5.74, 6) is -0.623. The van der Waals surface area contributed by atoms with Gasteiger partial charge in [0, 0.05) is 29.2 Å². The van der Waals surface area contributed by atoms with Crippen molar-refractivity contribution in [1.29, 1.82) is 0 Å². The molecule has 1 heterocycles. The van der Waals surface area contributed by atoms with Crippen LogP contribution >= 0.6 is 12.6 Å². The van der Waals surface area contributed by atoms with Crippen molar-refractivity contribution < 1.29 is 13.9 Å². The normalized spacial score (nSPS) is 18.4. The van der Waals surface area contributed by atoms with E-state index in [0.717, 1.165) is 12.8 Å². The molecule has 1 aromatic carbocycles. The molecule has 0 radical (unpaired) electrons. The van der Waals surface area contributed by atoms with E-state index in [9.17, 15) is 9.18 Å². The summed E-state index contributed by atoms with van der Waals surface area (Å²) >= 11 is 3.97. The Labute approximate surface area is 111 Å². The molecule has 1 aliphatic rings. The molecule has 0 spiro atoms. The summed E-state index contributed by atoms with van der Waals surface area (Å²) in [6.45, 7) is 3.30. The Morgan fingerprint density at radius 1 is 1.44 bits per heavy atom. The summed E-state index contributed by atoms with van der Waals surface area (Å²) in [6.07, 6.45) is 1.57. The summed E-state index contributed by atoms with van der Waals surface area (Å²) < 4.78 is 18.3. The lowest BCUT2D eigenvalue weighted by Crippen LogP contribution is -2.49. The molecule has 1 aromatic rings. The summed E-state index contributed by atoms with van der Waals surface area (Å²) in [7, 11) is 0. The molecule has 0 unspecified atom stereocenters. The van der Waals surface area contributed by atoms with E-state index in [0.29, 0.717) is 18.8 Å². The predicted molar refractivity (Wildman–Crippen MR) is 69.6 cm³/mol. The zero-order valence-corrected chi connectivity index (χ0v) is 11.1. The maximum atomic E-state index is 13.1. The fourth-order valence-corrected chi connectivity index (χ4v) is 2.16. The Bertz CT molecular complexity index is 458. The minimum absolute atomic E-state index is 0.180. The first-order valence-corrected chi connectivity index (χ1v) is 6.34. The van der Waals surface area contributed by atoms with Gasteiger partial charge in [-0.05, 0) is 38.0 Å².